The average Bonchev–Trinajstić information content (AvgIpc) is 3.11. The van der Waals surface area contributed by atoms with Gasteiger partial charge in [-0.05, 0) is 30.3 Å². The smallest absolute Gasteiger partial charge is 0.231 e. The topological polar surface area (TPSA) is 36.6 Å². The maximum atomic E-state index is 5.48. The number of rotatable bonds is 5. The van der Waals surface area contributed by atoms with Crippen LogP contribution in [0.5, 0.6) is 17.2 Å². The molecule has 132 valence electrons. The normalized spacial score (nSPS) is 22.0. The van der Waals surface area contributed by atoms with Crippen LogP contribution in [-0.2, 0) is 13.1 Å². The number of piperazine rings is 1. The second kappa shape index (κ2) is 7.33. The van der Waals surface area contributed by atoms with Gasteiger partial charge in [-0.2, -0.15) is 0 Å². The number of ether oxygens (including phenoxy) is 3. The van der Waals surface area contributed by atoms with Crippen molar-refractivity contribution in [1.82, 2.24) is 0 Å². The zero-order valence-corrected chi connectivity index (χ0v) is 14.7. The molecule has 0 atom stereocenters. The molecule has 2 heterocycles. The van der Waals surface area contributed by atoms with Gasteiger partial charge in [0, 0.05) is 11.1 Å². The molecule has 2 aliphatic heterocycles. The molecule has 0 saturated carbocycles. The third-order valence-corrected chi connectivity index (χ3v) is 5.14. The van der Waals surface area contributed by atoms with Gasteiger partial charge in [-0.3, -0.25) is 0 Å². The number of hydrogen-bond donors (Lipinski definition) is 2. The first-order chi connectivity index (χ1) is 12.3. The molecule has 2 N–H and O–H groups in total. The molecule has 0 radical (unpaired) electrons. The van der Waals surface area contributed by atoms with Crippen LogP contribution in [0.15, 0.2) is 42.5 Å². The van der Waals surface area contributed by atoms with Crippen LogP contribution in [0.3, 0.4) is 0 Å². The summed E-state index contributed by atoms with van der Waals surface area (Å²) in [6, 6.07) is 14.8. The quantitative estimate of drug-likeness (QED) is 0.797. The van der Waals surface area contributed by atoms with E-state index in [-0.39, 0.29) is 0 Å². The Morgan fingerprint density at radius 1 is 0.840 bits per heavy atom. The molecule has 0 aliphatic carbocycles. The van der Waals surface area contributed by atoms with Crippen LogP contribution in [0, 0.1) is 0 Å². The summed E-state index contributed by atoms with van der Waals surface area (Å²) in [7, 11) is 1.73. The Morgan fingerprint density at radius 3 is 2.24 bits per heavy atom. The molecule has 1 saturated heterocycles. The summed E-state index contributed by atoms with van der Waals surface area (Å²) in [6.07, 6.45) is 0. The summed E-state index contributed by atoms with van der Waals surface area (Å²) in [6.45, 7) is 7.30. The Labute approximate surface area is 148 Å². The first kappa shape index (κ1) is 16.2. The van der Waals surface area contributed by atoms with Crippen molar-refractivity contribution in [1.29, 1.82) is 0 Å². The molecular formula is C20H26N2O3+2. The number of methoxy groups -OCH3 is 1. The molecule has 0 spiro atoms. The van der Waals surface area contributed by atoms with E-state index in [2.05, 4.69) is 30.3 Å². The lowest BCUT2D eigenvalue weighted by molar-refractivity contribution is -1.02. The lowest BCUT2D eigenvalue weighted by Gasteiger charge is -2.29. The largest absolute Gasteiger partial charge is 0.497 e. The van der Waals surface area contributed by atoms with E-state index in [1.165, 1.54) is 37.3 Å². The lowest BCUT2D eigenvalue weighted by atomic mass is 10.1. The molecule has 5 nitrogen and oxygen atoms in total. The van der Waals surface area contributed by atoms with Gasteiger partial charge in [0.05, 0.1) is 7.11 Å². The Morgan fingerprint density at radius 2 is 1.52 bits per heavy atom. The molecular weight excluding hydrogens is 316 g/mol. The highest BCUT2D eigenvalue weighted by atomic mass is 16.7. The SMILES string of the molecule is COc1cccc(C[NH+]2CC[NH+](Cc3ccc4c(c3)OCO4)CC2)c1. The molecule has 0 amide bonds. The Hall–Kier alpha value is -2.24. The van der Waals surface area contributed by atoms with Crippen molar-refractivity contribution < 1.29 is 24.0 Å². The highest BCUT2D eigenvalue weighted by Crippen LogP contribution is 2.32. The van der Waals surface area contributed by atoms with Gasteiger partial charge >= 0.3 is 0 Å². The molecule has 1 fully saturated rings. The second-order valence-corrected chi connectivity index (χ2v) is 6.89. The number of quaternary nitrogens is 2. The van der Waals surface area contributed by atoms with Crippen LogP contribution >= 0.6 is 0 Å². The van der Waals surface area contributed by atoms with Crippen LogP contribution in [0.25, 0.3) is 0 Å². The predicted molar refractivity (Wildman–Crippen MR) is 94.4 cm³/mol. The third-order valence-electron chi connectivity index (χ3n) is 5.14. The van der Waals surface area contributed by atoms with Gasteiger partial charge < -0.3 is 24.0 Å². The Balaban J connectivity index is 1.29. The fraction of sp³-hybridized carbons (Fsp3) is 0.400. The molecule has 25 heavy (non-hydrogen) atoms. The summed E-state index contributed by atoms with van der Waals surface area (Å²) in [5.41, 5.74) is 2.68. The van der Waals surface area contributed by atoms with E-state index in [0.29, 0.717) is 6.79 Å². The van der Waals surface area contributed by atoms with Crippen molar-refractivity contribution in [2.24, 2.45) is 0 Å². The molecule has 2 aromatic rings. The first-order valence-corrected chi connectivity index (χ1v) is 8.99. The fourth-order valence-electron chi connectivity index (χ4n) is 3.72. The maximum absolute atomic E-state index is 5.48. The Kier molecular flexibility index (Phi) is 4.76. The summed E-state index contributed by atoms with van der Waals surface area (Å²) in [5.74, 6) is 2.70. The molecule has 0 bridgehead atoms. The molecule has 2 aromatic carbocycles. The van der Waals surface area contributed by atoms with E-state index in [4.69, 9.17) is 14.2 Å². The van der Waals surface area contributed by atoms with Crippen LogP contribution in [0.1, 0.15) is 11.1 Å². The highest BCUT2D eigenvalue weighted by molar-refractivity contribution is 5.44. The van der Waals surface area contributed by atoms with Gasteiger partial charge in [0.1, 0.15) is 45.0 Å². The van der Waals surface area contributed by atoms with Crippen molar-refractivity contribution in [2.75, 3.05) is 40.1 Å². The number of nitrogens with one attached hydrogen (secondary N) is 2. The lowest BCUT2D eigenvalue weighted by Crippen LogP contribution is -3.27. The van der Waals surface area contributed by atoms with Gasteiger partial charge in [-0.1, -0.05) is 12.1 Å². The van der Waals surface area contributed by atoms with Crippen molar-refractivity contribution in [2.45, 2.75) is 13.1 Å². The molecule has 2 aliphatic rings. The standard InChI is InChI=1S/C20H24N2O3/c1-23-18-4-2-3-16(11-18)13-21-7-9-22(10-8-21)14-17-5-6-19-20(12-17)25-15-24-19/h2-6,11-12H,7-10,13-15H2,1H3/p+2. The molecule has 5 heteroatoms. The zero-order chi connectivity index (χ0) is 17.1. The summed E-state index contributed by atoms with van der Waals surface area (Å²) < 4.78 is 16.2. The van der Waals surface area contributed by atoms with E-state index in [0.717, 1.165) is 30.3 Å². The summed E-state index contributed by atoms with van der Waals surface area (Å²) in [5, 5.41) is 0. The van der Waals surface area contributed by atoms with Gasteiger partial charge in [-0.25, -0.2) is 0 Å². The Bertz CT molecular complexity index is 727. The second-order valence-electron chi connectivity index (χ2n) is 6.89. The van der Waals surface area contributed by atoms with Crippen LogP contribution < -0.4 is 24.0 Å². The number of fused-ring (bicyclic) bond motifs is 1. The van der Waals surface area contributed by atoms with Crippen LogP contribution in [-0.4, -0.2) is 40.1 Å². The molecule has 0 unspecified atom stereocenters. The van der Waals surface area contributed by atoms with E-state index in [9.17, 15) is 0 Å². The van der Waals surface area contributed by atoms with Crippen molar-refractivity contribution in [3.05, 3.63) is 53.6 Å². The minimum absolute atomic E-state index is 0.345. The van der Waals surface area contributed by atoms with E-state index >= 15 is 0 Å². The fourth-order valence-corrected chi connectivity index (χ4v) is 3.72. The highest BCUT2D eigenvalue weighted by Gasteiger charge is 2.24. The van der Waals surface area contributed by atoms with E-state index < -0.39 is 0 Å². The van der Waals surface area contributed by atoms with E-state index in [1.807, 2.05) is 12.1 Å². The van der Waals surface area contributed by atoms with Crippen molar-refractivity contribution >= 4 is 0 Å². The molecule has 0 aromatic heterocycles. The average molecular weight is 342 g/mol. The summed E-state index contributed by atoms with van der Waals surface area (Å²) in [4.78, 5) is 3.30. The maximum Gasteiger partial charge on any atom is 0.231 e. The first-order valence-electron chi connectivity index (χ1n) is 8.99. The van der Waals surface area contributed by atoms with Gasteiger partial charge in [0.25, 0.3) is 0 Å². The van der Waals surface area contributed by atoms with Gasteiger partial charge in [-0.15, -0.1) is 0 Å². The minimum Gasteiger partial charge on any atom is -0.497 e. The monoisotopic (exact) mass is 342 g/mol. The zero-order valence-electron chi connectivity index (χ0n) is 14.7. The number of hydrogen-bond acceptors (Lipinski definition) is 3. The summed E-state index contributed by atoms with van der Waals surface area (Å²) >= 11 is 0. The van der Waals surface area contributed by atoms with Crippen molar-refractivity contribution in [3.8, 4) is 17.2 Å². The van der Waals surface area contributed by atoms with Gasteiger partial charge in [0.15, 0.2) is 11.5 Å². The third kappa shape index (κ3) is 3.89. The number of benzene rings is 2. The van der Waals surface area contributed by atoms with Crippen LogP contribution in [0.4, 0.5) is 0 Å². The predicted octanol–water partition coefficient (Wildman–Crippen LogP) is -0.0925. The van der Waals surface area contributed by atoms with Gasteiger partial charge in [0.2, 0.25) is 6.79 Å². The molecule has 4 rings (SSSR count). The van der Waals surface area contributed by atoms with E-state index in [1.54, 1.807) is 16.9 Å². The minimum atomic E-state index is 0.345. The van der Waals surface area contributed by atoms with Crippen LogP contribution in [0.2, 0.25) is 0 Å². The van der Waals surface area contributed by atoms with Crippen molar-refractivity contribution in [3.63, 3.8) is 0 Å².